The van der Waals surface area contributed by atoms with Gasteiger partial charge in [-0.1, -0.05) is 11.6 Å². The van der Waals surface area contributed by atoms with Crippen molar-refractivity contribution in [2.24, 2.45) is 4.99 Å². The van der Waals surface area contributed by atoms with E-state index in [1.807, 2.05) is 18.2 Å². The predicted molar refractivity (Wildman–Crippen MR) is 101 cm³/mol. The molecular formula is C19H21ClN2O3. The SMILES string of the molecule is COc1cc(Cl)c(C=Nc2ccc(N3CCOCC3)cc2)cc1OC. The van der Waals surface area contributed by atoms with Crippen LogP contribution in [0.2, 0.25) is 5.02 Å². The highest BCUT2D eigenvalue weighted by molar-refractivity contribution is 6.33. The van der Waals surface area contributed by atoms with Crippen molar-refractivity contribution in [1.29, 1.82) is 0 Å². The van der Waals surface area contributed by atoms with Crippen LogP contribution in [0.1, 0.15) is 5.56 Å². The molecule has 1 heterocycles. The van der Waals surface area contributed by atoms with Gasteiger partial charge < -0.3 is 19.1 Å². The summed E-state index contributed by atoms with van der Waals surface area (Å²) in [6.45, 7) is 3.39. The first-order valence-corrected chi connectivity index (χ1v) is 8.47. The monoisotopic (exact) mass is 360 g/mol. The van der Waals surface area contributed by atoms with Crippen LogP contribution in [0, 0.1) is 0 Å². The van der Waals surface area contributed by atoms with Gasteiger partial charge in [0.15, 0.2) is 11.5 Å². The van der Waals surface area contributed by atoms with Gasteiger partial charge in [0, 0.05) is 36.6 Å². The lowest BCUT2D eigenvalue weighted by Gasteiger charge is -2.28. The summed E-state index contributed by atoms with van der Waals surface area (Å²) >= 11 is 6.28. The Morgan fingerprint density at radius 1 is 1.04 bits per heavy atom. The van der Waals surface area contributed by atoms with Gasteiger partial charge in [0.1, 0.15) is 0 Å². The summed E-state index contributed by atoms with van der Waals surface area (Å²) in [5.74, 6) is 1.22. The lowest BCUT2D eigenvalue weighted by Crippen LogP contribution is -2.36. The molecular weight excluding hydrogens is 340 g/mol. The summed E-state index contributed by atoms with van der Waals surface area (Å²) < 4.78 is 15.9. The summed E-state index contributed by atoms with van der Waals surface area (Å²) in [5.41, 5.74) is 2.82. The Morgan fingerprint density at radius 2 is 1.68 bits per heavy atom. The summed E-state index contributed by atoms with van der Waals surface area (Å²) in [7, 11) is 3.18. The van der Waals surface area contributed by atoms with Crippen molar-refractivity contribution in [3.8, 4) is 11.5 Å². The van der Waals surface area contributed by atoms with Crippen molar-refractivity contribution < 1.29 is 14.2 Å². The number of benzene rings is 2. The second-order valence-corrected chi connectivity index (χ2v) is 6.01. The first kappa shape index (κ1) is 17.6. The number of anilines is 1. The lowest BCUT2D eigenvalue weighted by molar-refractivity contribution is 0.122. The maximum Gasteiger partial charge on any atom is 0.162 e. The molecule has 0 saturated carbocycles. The quantitative estimate of drug-likeness (QED) is 0.757. The molecule has 6 heteroatoms. The van der Waals surface area contributed by atoms with Crippen LogP contribution in [0.4, 0.5) is 11.4 Å². The maximum absolute atomic E-state index is 6.28. The smallest absolute Gasteiger partial charge is 0.162 e. The Labute approximate surface area is 152 Å². The minimum Gasteiger partial charge on any atom is -0.493 e. The van der Waals surface area contributed by atoms with Crippen molar-refractivity contribution in [3.63, 3.8) is 0 Å². The van der Waals surface area contributed by atoms with Crippen LogP contribution in [-0.2, 0) is 4.74 Å². The predicted octanol–water partition coefficient (Wildman–Crippen LogP) is 3.94. The Hall–Kier alpha value is -2.24. The number of morpholine rings is 1. The third-order valence-electron chi connectivity index (χ3n) is 4.08. The third kappa shape index (κ3) is 4.24. The second kappa shape index (κ2) is 8.23. The molecule has 0 N–H and O–H groups in total. The van der Waals surface area contributed by atoms with Crippen LogP contribution in [0.3, 0.4) is 0 Å². The van der Waals surface area contributed by atoms with Crippen LogP contribution in [-0.4, -0.2) is 46.7 Å². The molecule has 0 aromatic heterocycles. The Balaban J connectivity index is 1.75. The van der Waals surface area contributed by atoms with Gasteiger partial charge in [-0.2, -0.15) is 0 Å². The third-order valence-corrected chi connectivity index (χ3v) is 4.41. The van der Waals surface area contributed by atoms with Crippen LogP contribution in [0.5, 0.6) is 11.5 Å². The average molecular weight is 361 g/mol. The van der Waals surface area contributed by atoms with E-state index in [4.69, 9.17) is 25.8 Å². The normalized spacial score (nSPS) is 14.8. The highest BCUT2D eigenvalue weighted by Gasteiger charge is 2.11. The highest BCUT2D eigenvalue weighted by Crippen LogP contribution is 2.32. The zero-order valence-electron chi connectivity index (χ0n) is 14.4. The van der Waals surface area contributed by atoms with E-state index in [1.54, 1.807) is 26.5 Å². The highest BCUT2D eigenvalue weighted by atomic mass is 35.5. The van der Waals surface area contributed by atoms with Crippen molar-refractivity contribution in [2.45, 2.75) is 0 Å². The molecule has 0 radical (unpaired) electrons. The molecule has 1 aliphatic rings. The van der Waals surface area contributed by atoms with Gasteiger partial charge in [-0.15, -0.1) is 0 Å². The van der Waals surface area contributed by atoms with E-state index in [2.05, 4.69) is 22.0 Å². The molecule has 3 rings (SSSR count). The number of methoxy groups -OCH3 is 2. The van der Waals surface area contributed by atoms with Gasteiger partial charge in [0.2, 0.25) is 0 Å². The topological polar surface area (TPSA) is 43.3 Å². The number of ether oxygens (including phenoxy) is 3. The summed E-state index contributed by atoms with van der Waals surface area (Å²) in [5, 5.41) is 0.561. The molecule has 0 bridgehead atoms. The number of rotatable bonds is 5. The van der Waals surface area contributed by atoms with Crippen molar-refractivity contribution in [1.82, 2.24) is 0 Å². The van der Waals surface area contributed by atoms with E-state index in [0.29, 0.717) is 16.5 Å². The molecule has 5 nitrogen and oxygen atoms in total. The zero-order chi connectivity index (χ0) is 17.6. The van der Waals surface area contributed by atoms with Gasteiger partial charge in [0.05, 0.1) is 38.1 Å². The molecule has 0 atom stereocenters. The van der Waals surface area contributed by atoms with Crippen LogP contribution in [0.15, 0.2) is 41.4 Å². The number of hydrogen-bond acceptors (Lipinski definition) is 5. The number of hydrogen-bond donors (Lipinski definition) is 0. The van der Waals surface area contributed by atoms with Crippen LogP contribution >= 0.6 is 11.6 Å². The summed E-state index contributed by atoms with van der Waals surface area (Å²) in [6, 6.07) is 11.7. The standard InChI is InChI=1S/C19H21ClN2O3/c1-23-18-11-14(17(20)12-19(18)24-2)13-21-15-3-5-16(6-4-15)22-7-9-25-10-8-22/h3-6,11-13H,7-10H2,1-2H3. The Morgan fingerprint density at radius 3 is 2.32 bits per heavy atom. The fourth-order valence-electron chi connectivity index (χ4n) is 2.68. The molecule has 2 aromatic carbocycles. The van der Waals surface area contributed by atoms with Gasteiger partial charge in [-0.05, 0) is 30.3 Å². The Kier molecular flexibility index (Phi) is 5.79. The molecule has 0 amide bonds. The van der Waals surface area contributed by atoms with Crippen LogP contribution < -0.4 is 14.4 Å². The van der Waals surface area contributed by atoms with E-state index in [0.717, 1.165) is 37.6 Å². The minimum absolute atomic E-state index is 0.561. The molecule has 0 spiro atoms. The fourth-order valence-corrected chi connectivity index (χ4v) is 2.89. The van der Waals surface area contributed by atoms with Crippen molar-refractivity contribution in [3.05, 3.63) is 47.0 Å². The first-order valence-electron chi connectivity index (χ1n) is 8.09. The molecule has 0 aliphatic carbocycles. The molecule has 2 aromatic rings. The van der Waals surface area contributed by atoms with E-state index in [9.17, 15) is 0 Å². The number of nitrogens with zero attached hydrogens (tertiary/aromatic N) is 2. The van der Waals surface area contributed by atoms with Crippen LogP contribution in [0.25, 0.3) is 0 Å². The van der Waals surface area contributed by atoms with Gasteiger partial charge in [-0.3, -0.25) is 4.99 Å². The maximum atomic E-state index is 6.28. The van der Waals surface area contributed by atoms with Gasteiger partial charge in [0.25, 0.3) is 0 Å². The van der Waals surface area contributed by atoms with Gasteiger partial charge in [-0.25, -0.2) is 0 Å². The lowest BCUT2D eigenvalue weighted by atomic mass is 10.2. The van der Waals surface area contributed by atoms with Gasteiger partial charge >= 0.3 is 0 Å². The molecule has 132 valence electrons. The summed E-state index contributed by atoms with van der Waals surface area (Å²) in [4.78, 5) is 6.81. The average Bonchev–Trinajstić information content (AvgIpc) is 2.68. The first-order chi connectivity index (χ1) is 12.2. The van der Waals surface area contributed by atoms with E-state index in [-0.39, 0.29) is 0 Å². The molecule has 1 fully saturated rings. The minimum atomic E-state index is 0.561. The largest absolute Gasteiger partial charge is 0.493 e. The number of halogens is 1. The van der Waals surface area contributed by atoms with E-state index in [1.165, 1.54) is 5.69 Å². The van der Waals surface area contributed by atoms with E-state index >= 15 is 0 Å². The molecule has 25 heavy (non-hydrogen) atoms. The summed E-state index contributed by atoms with van der Waals surface area (Å²) in [6.07, 6.45) is 1.73. The Bertz CT molecular complexity index is 741. The second-order valence-electron chi connectivity index (χ2n) is 5.60. The zero-order valence-corrected chi connectivity index (χ0v) is 15.1. The molecule has 1 saturated heterocycles. The fraction of sp³-hybridized carbons (Fsp3) is 0.316. The number of aliphatic imine (C=N–C) groups is 1. The van der Waals surface area contributed by atoms with Crippen molar-refractivity contribution in [2.75, 3.05) is 45.4 Å². The molecule has 0 unspecified atom stereocenters. The molecule has 1 aliphatic heterocycles. The van der Waals surface area contributed by atoms with Crippen molar-refractivity contribution >= 4 is 29.2 Å². The van der Waals surface area contributed by atoms with E-state index < -0.39 is 0 Å².